The van der Waals surface area contributed by atoms with E-state index in [1.807, 2.05) is 0 Å². The van der Waals surface area contributed by atoms with Crippen LogP contribution in [0.3, 0.4) is 0 Å². The largest absolute Gasteiger partial charge is 0.330 e. The highest BCUT2D eigenvalue weighted by Crippen LogP contribution is 2.13. The van der Waals surface area contributed by atoms with Crippen molar-refractivity contribution in [1.29, 1.82) is 0 Å². The first kappa shape index (κ1) is 26.9. The lowest BCUT2D eigenvalue weighted by atomic mass is 10.0. The summed E-state index contributed by atoms with van der Waals surface area (Å²) in [5.41, 5.74) is 5.59. The Morgan fingerprint density at radius 2 is 0.963 bits per heavy atom. The van der Waals surface area contributed by atoms with E-state index in [1.54, 1.807) is 0 Å². The van der Waals surface area contributed by atoms with Gasteiger partial charge in [0.05, 0.1) is 6.61 Å². The Hall–Kier alpha value is -0.120. The van der Waals surface area contributed by atoms with Gasteiger partial charge in [-0.3, -0.25) is 4.84 Å². The van der Waals surface area contributed by atoms with E-state index in [1.165, 1.54) is 103 Å². The van der Waals surface area contributed by atoms with Gasteiger partial charge in [-0.2, -0.15) is 5.06 Å². The van der Waals surface area contributed by atoms with Crippen molar-refractivity contribution in [3.8, 4) is 0 Å². The Morgan fingerprint density at radius 1 is 0.519 bits per heavy atom. The van der Waals surface area contributed by atoms with Gasteiger partial charge in [0.2, 0.25) is 0 Å². The molecule has 3 nitrogen and oxygen atoms in total. The monoisotopic (exact) mass is 384 g/mol. The van der Waals surface area contributed by atoms with Crippen molar-refractivity contribution in [2.24, 2.45) is 5.73 Å². The third-order valence-electron chi connectivity index (χ3n) is 5.36. The van der Waals surface area contributed by atoms with Gasteiger partial charge >= 0.3 is 0 Å². The Bertz CT molecular complexity index is 261. The van der Waals surface area contributed by atoms with Crippen LogP contribution in [0, 0.1) is 0 Å². The molecule has 3 heteroatoms. The summed E-state index contributed by atoms with van der Waals surface area (Å²) < 4.78 is 0. The number of nitrogens with two attached hydrogens (primary N) is 1. The third kappa shape index (κ3) is 22.0. The quantitative estimate of drug-likeness (QED) is 0.149. The molecule has 0 bridgehead atoms. The number of unbranched alkanes of at least 4 members (excludes halogenated alkanes) is 15. The van der Waals surface area contributed by atoms with Crippen LogP contribution in [0.15, 0.2) is 0 Å². The van der Waals surface area contributed by atoms with Crippen LogP contribution < -0.4 is 5.73 Å². The predicted molar refractivity (Wildman–Crippen MR) is 121 cm³/mol. The molecule has 2 N–H and O–H groups in total. The summed E-state index contributed by atoms with van der Waals surface area (Å²) in [5, 5.41) is 2.11. The molecule has 0 atom stereocenters. The maximum Gasteiger partial charge on any atom is 0.0685 e. The smallest absolute Gasteiger partial charge is 0.0685 e. The van der Waals surface area contributed by atoms with Crippen molar-refractivity contribution in [3.63, 3.8) is 0 Å². The maximum atomic E-state index is 5.88. The molecule has 0 aliphatic carbocycles. The Labute approximate surface area is 171 Å². The standard InChI is InChI=1S/C24H52N2O/c1-3-5-6-7-8-9-10-11-12-13-14-15-16-17-18-19-24-27-26(22-4-2)23-20-21-25/h3-25H2,1-2H3. The van der Waals surface area contributed by atoms with E-state index in [4.69, 9.17) is 10.6 Å². The number of nitrogens with zero attached hydrogens (tertiary/aromatic N) is 1. The molecule has 27 heavy (non-hydrogen) atoms. The highest BCUT2D eigenvalue weighted by Gasteiger charge is 2.03. The van der Waals surface area contributed by atoms with Gasteiger partial charge in [0.1, 0.15) is 0 Å². The molecule has 0 saturated heterocycles. The highest BCUT2D eigenvalue weighted by atomic mass is 16.7. The minimum Gasteiger partial charge on any atom is -0.330 e. The minimum atomic E-state index is 0.753. The molecule has 164 valence electrons. The van der Waals surface area contributed by atoms with Gasteiger partial charge in [0.25, 0.3) is 0 Å². The molecule has 0 aromatic rings. The number of hydroxylamine groups is 2. The normalized spacial score (nSPS) is 11.6. The molecular formula is C24H52N2O. The van der Waals surface area contributed by atoms with Crippen LogP contribution in [0.1, 0.15) is 129 Å². The third-order valence-corrected chi connectivity index (χ3v) is 5.36. The van der Waals surface area contributed by atoms with Gasteiger partial charge in [-0.05, 0) is 25.8 Å². The average Bonchev–Trinajstić information content (AvgIpc) is 2.68. The molecule has 0 aromatic carbocycles. The molecule has 0 saturated carbocycles. The van der Waals surface area contributed by atoms with Gasteiger partial charge < -0.3 is 5.73 Å². The molecule has 0 spiro atoms. The van der Waals surface area contributed by atoms with E-state index in [-0.39, 0.29) is 0 Å². The zero-order valence-corrected chi connectivity index (χ0v) is 19.0. The topological polar surface area (TPSA) is 38.5 Å². The summed E-state index contributed by atoms with van der Waals surface area (Å²) >= 11 is 0. The summed E-state index contributed by atoms with van der Waals surface area (Å²) in [6.07, 6.45) is 24.8. The van der Waals surface area contributed by atoms with E-state index in [9.17, 15) is 0 Å². The number of hydrogen-bond acceptors (Lipinski definition) is 3. The SMILES string of the molecule is CCCCCCCCCCCCCCCCCCON(CCC)CCCN. The van der Waals surface area contributed by atoms with E-state index < -0.39 is 0 Å². The number of hydrogen-bond donors (Lipinski definition) is 1. The van der Waals surface area contributed by atoms with Gasteiger partial charge in [0.15, 0.2) is 0 Å². The first-order chi connectivity index (χ1) is 13.3. The van der Waals surface area contributed by atoms with Crippen molar-refractivity contribution in [1.82, 2.24) is 5.06 Å². The zero-order chi connectivity index (χ0) is 19.8. The molecule has 0 fully saturated rings. The first-order valence-corrected chi connectivity index (χ1v) is 12.4. The summed E-state index contributed by atoms with van der Waals surface area (Å²) in [6, 6.07) is 0. The van der Waals surface area contributed by atoms with Crippen molar-refractivity contribution in [2.45, 2.75) is 129 Å². The van der Waals surface area contributed by atoms with Crippen LogP contribution in [0.25, 0.3) is 0 Å². The molecule has 0 heterocycles. The van der Waals surface area contributed by atoms with E-state index in [0.29, 0.717) is 0 Å². The summed E-state index contributed by atoms with van der Waals surface area (Å²) in [7, 11) is 0. The zero-order valence-electron chi connectivity index (χ0n) is 19.0. The number of rotatable bonds is 23. The fourth-order valence-electron chi connectivity index (χ4n) is 3.60. The van der Waals surface area contributed by atoms with Crippen molar-refractivity contribution in [2.75, 3.05) is 26.2 Å². The Kier molecular flexibility index (Phi) is 23.8. The summed E-state index contributed by atoms with van der Waals surface area (Å²) in [4.78, 5) is 5.88. The van der Waals surface area contributed by atoms with Crippen LogP contribution >= 0.6 is 0 Å². The van der Waals surface area contributed by atoms with Gasteiger partial charge in [-0.1, -0.05) is 110 Å². The molecule has 0 amide bonds. The molecular weight excluding hydrogens is 332 g/mol. The van der Waals surface area contributed by atoms with Crippen molar-refractivity contribution < 1.29 is 4.84 Å². The fraction of sp³-hybridized carbons (Fsp3) is 1.00. The van der Waals surface area contributed by atoms with Gasteiger partial charge in [-0.15, -0.1) is 0 Å². The van der Waals surface area contributed by atoms with Gasteiger partial charge in [0, 0.05) is 13.1 Å². The summed E-state index contributed by atoms with van der Waals surface area (Å²) in [5.74, 6) is 0. The Balaban J connectivity index is 3.17. The maximum absolute atomic E-state index is 5.88. The van der Waals surface area contributed by atoms with Crippen LogP contribution in [-0.4, -0.2) is 31.3 Å². The lowest BCUT2D eigenvalue weighted by molar-refractivity contribution is -0.160. The fourth-order valence-corrected chi connectivity index (χ4v) is 3.60. The van der Waals surface area contributed by atoms with Gasteiger partial charge in [-0.25, -0.2) is 0 Å². The van der Waals surface area contributed by atoms with Crippen LogP contribution in [0.2, 0.25) is 0 Å². The van der Waals surface area contributed by atoms with E-state index in [2.05, 4.69) is 18.9 Å². The molecule has 0 rings (SSSR count). The van der Waals surface area contributed by atoms with E-state index in [0.717, 1.165) is 39.1 Å². The lowest BCUT2D eigenvalue weighted by Gasteiger charge is -2.20. The van der Waals surface area contributed by atoms with Crippen LogP contribution in [-0.2, 0) is 4.84 Å². The Morgan fingerprint density at radius 3 is 1.37 bits per heavy atom. The average molecular weight is 385 g/mol. The minimum absolute atomic E-state index is 0.753. The summed E-state index contributed by atoms with van der Waals surface area (Å²) in [6.45, 7) is 8.13. The lowest BCUT2D eigenvalue weighted by Crippen LogP contribution is -2.28. The van der Waals surface area contributed by atoms with Crippen molar-refractivity contribution >= 4 is 0 Å². The predicted octanol–water partition coefficient (Wildman–Crippen LogP) is 7.24. The second-order valence-electron chi connectivity index (χ2n) is 8.21. The van der Waals surface area contributed by atoms with Crippen LogP contribution in [0.5, 0.6) is 0 Å². The molecule has 0 aliphatic rings. The second-order valence-corrected chi connectivity index (χ2v) is 8.21. The van der Waals surface area contributed by atoms with Crippen molar-refractivity contribution in [3.05, 3.63) is 0 Å². The van der Waals surface area contributed by atoms with Crippen LogP contribution in [0.4, 0.5) is 0 Å². The second kappa shape index (κ2) is 23.9. The molecule has 0 aromatic heterocycles. The molecule has 0 unspecified atom stereocenters. The first-order valence-electron chi connectivity index (χ1n) is 12.4. The van der Waals surface area contributed by atoms with E-state index >= 15 is 0 Å². The molecule has 0 radical (unpaired) electrons. The highest BCUT2D eigenvalue weighted by molar-refractivity contribution is 4.51. The molecule has 0 aliphatic heterocycles.